The number of carbonyl (C=O) groups is 10. The maximum absolute atomic E-state index is 13.5. The number of hydrogen-bond donors (Lipinski definition) is 5. The molecule has 0 aliphatic carbocycles. The number of esters is 5. The summed E-state index contributed by atoms with van der Waals surface area (Å²) in [5.74, 6) is 26.1. The van der Waals surface area contributed by atoms with Gasteiger partial charge in [0.25, 0.3) is 0 Å². The lowest BCUT2D eigenvalue weighted by Gasteiger charge is -2.29. The van der Waals surface area contributed by atoms with Gasteiger partial charge in [-0.3, -0.25) is 47.9 Å². The van der Waals surface area contributed by atoms with Crippen molar-refractivity contribution in [2.24, 2.45) is 59.2 Å². The van der Waals surface area contributed by atoms with Crippen LogP contribution in [0.25, 0.3) is 18.8 Å². The Bertz CT molecular complexity index is 5590. The maximum atomic E-state index is 13.5. The number of aromatic nitrogens is 10. The Morgan fingerprint density at radius 2 is 0.564 bits per heavy atom. The van der Waals surface area contributed by atoms with Crippen molar-refractivity contribution >= 4 is 155 Å². The van der Waals surface area contributed by atoms with E-state index in [-0.39, 0.29) is 145 Å². The molecule has 0 aromatic carbocycles. The van der Waals surface area contributed by atoms with Crippen LogP contribution in [0.5, 0.6) is 0 Å². The molecule has 5 N–H and O–H groups in total. The van der Waals surface area contributed by atoms with E-state index in [1.165, 1.54) is 52.5 Å². The highest BCUT2D eigenvalue weighted by Crippen LogP contribution is 2.42. The van der Waals surface area contributed by atoms with Gasteiger partial charge < -0.3 is 73.1 Å². The van der Waals surface area contributed by atoms with Gasteiger partial charge in [-0.05, 0) is 197 Å². The van der Waals surface area contributed by atoms with Crippen LogP contribution >= 0.6 is 77.2 Å². The molecular weight excluding hydrogens is 1900 g/mol. The van der Waals surface area contributed by atoms with Gasteiger partial charge in [0.1, 0.15) is 57.6 Å². The molecule has 5 fully saturated rings. The highest BCUT2D eigenvalue weighted by Gasteiger charge is 2.44. The molecule has 5 aliphatic heterocycles. The van der Waals surface area contributed by atoms with Crippen LogP contribution in [0.2, 0.25) is 0 Å². The number of nitrogens with one attached hydrogen (secondary N) is 5. The summed E-state index contributed by atoms with van der Waals surface area (Å²) < 4.78 is 31.4. The van der Waals surface area contributed by atoms with Crippen LogP contribution in [-0.4, -0.2) is 202 Å². The Labute approximate surface area is 808 Å². The number of thiophene rings is 4. The molecule has 9 aromatic heterocycles. The minimum Gasteiger partial charge on any atom is -0.469 e. The van der Waals surface area contributed by atoms with E-state index in [9.17, 15) is 47.9 Å². The van der Waals surface area contributed by atoms with E-state index in [0.717, 1.165) is 83.4 Å². The zero-order valence-corrected chi connectivity index (χ0v) is 84.0. The summed E-state index contributed by atoms with van der Waals surface area (Å²) in [6.45, 7) is 22.6. The summed E-state index contributed by atoms with van der Waals surface area (Å²) >= 11 is 13.6. The average Bonchev–Trinajstić information content (AvgIpc) is 1.67. The van der Waals surface area contributed by atoms with Gasteiger partial charge in [0.2, 0.25) is 29.5 Å². The van der Waals surface area contributed by atoms with Crippen LogP contribution in [0.1, 0.15) is 263 Å². The normalized spacial score (nSPS) is 17.9. The molecule has 9 aromatic rings. The fraction of sp³-hybridized carbons (Fsp3) is 0.515. The fourth-order valence-electron chi connectivity index (χ4n) is 17.0. The number of imidazole rings is 5. The molecule has 5 amide bonds. The number of H-pyrrole nitrogens is 5. The third-order valence-electron chi connectivity index (χ3n) is 24.5. The number of amides is 5. The van der Waals surface area contributed by atoms with E-state index in [2.05, 4.69) is 159 Å². The molecule has 0 unspecified atom stereocenters. The van der Waals surface area contributed by atoms with E-state index >= 15 is 0 Å². The van der Waals surface area contributed by atoms with E-state index in [1.54, 1.807) is 86.1 Å². The molecule has 5 aliphatic rings. The Hall–Kier alpha value is -11.2. The number of hydrogen-bond acceptors (Lipinski definition) is 24. The average molecular weight is 2020 g/mol. The van der Waals surface area contributed by atoms with Gasteiger partial charge in [0.15, 0.2) is 0 Å². The van der Waals surface area contributed by atoms with Crippen LogP contribution in [0.15, 0.2) is 62.8 Å². The summed E-state index contributed by atoms with van der Waals surface area (Å²) in [6, 6.07) is 7.52. The van der Waals surface area contributed by atoms with Gasteiger partial charge in [-0.2, -0.15) is 0 Å². The first-order chi connectivity index (χ1) is 63.7. The summed E-state index contributed by atoms with van der Waals surface area (Å²) in [5, 5.41) is 0. The molecule has 30 nitrogen and oxygen atoms in total. The zero-order valence-electron chi connectivity index (χ0n) is 77.6. The zero-order chi connectivity index (χ0) is 96.0. The number of carbonyl (C=O) groups excluding carboxylic acids is 10. The number of methoxy groups -OCH3 is 5. The molecule has 0 spiro atoms. The number of ether oxygens (including phenoxy) is 5. The molecule has 14 rings (SSSR count). The quantitative estimate of drug-likeness (QED) is 0.0201. The lowest BCUT2D eigenvalue weighted by molar-refractivity contribution is -0.148. The highest BCUT2D eigenvalue weighted by molar-refractivity contribution is 9.11. The second-order valence-electron chi connectivity index (χ2n) is 34.9. The van der Waals surface area contributed by atoms with E-state index in [4.69, 9.17) is 30.1 Å². The maximum Gasteiger partial charge on any atom is 0.306 e. The molecule has 0 saturated carbocycles. The Balaban J connectivity index is 0.000000193. The van der Waals surface area contributed by atoms with Crippen molar-refractivity contribution in [3.8, 4) is 59.7 Å². The van der Waals surface area contributed by atoms with Crippen molar-refractivity contribution in [1.82, 2.24) is 74.3 Å². The molecule has 133 heavy (non-hydrogen) atoms. The minimum atomic E-state index is -0.457. The van der Waals surface area contributed by atoms with Gasteiger partial charge in [0.05, 0.1) is 176 Å². The van der Waals surface area contributed by atoms with Gasteiger partial charge >= 0.3 is 29.8 Å². The van der Waals surface area contributed by atoms with Crippen LogP contribution in [0.3, 0.4) is 0 Å². The largest absolute Gasteiger partial charge is 0.469 e. The number of halogens is 2. The highest BCUT2D eigenvalue weighted by atomic mass is 79.9. The molecule has 0 bridgehead atoms. The van der Waals surface area contributed by atoms with Gasteiger partial charge in [-0.25, -0.2) is 24.9 Å². The molecule has 0 radical (unpaired) electrons. The van der Waals surface area contributed by atoms with Crippen molar-refractivity contribution in [2.75, 3.05) is 68.3 Å². The first-order valence-electron chi connectivity index (χ1n) is 44.7. The van der Waals surface area contributed by atoms with E-state index < -0.39 is 35.6 Å². The summed E-state index contributed by atoms with van der Waals surface area (Å²) in [4.78, 5) is 176. The van der Waals surface area contributed by atoms with Crippen molar-refractivity contribution in [1.29, 1.82) is 0 Å². The second kappa shape index (κ2) is 48.1. The third-order valence-corrected chi connectivity index (χ3v) is 29.9. The number of terminal acetylenes is 1. The Morgan fingerprint density at radius 1 is 0.346 bits per heavy atom. The summed E-state index contributed by atoms with van der Waals surface area (Å²) in [6.07, 6.45) is 22.3. The molecule has 5 saturated heterocycles. The number of nitrogens with zero attached hydrogens (tertiary/aromatic N) is 10. The van der Waals surface area contributed by atoms with Crippen molar-refractivity contribution in [3.05, 3.63) is 130 Å². The van der Waals surface area contributed by atoms with E-state index in [0.29, 0.717) is 90.3 Å². The van der Waals surface area contributed by atoms with Crippen molar-refractivity contribution < 1.29 is 71.6 Å². The van der Waals surface area contributed by atoms with Crippen LogP contribution in [0, 0.1) is 119 Å². The molecule has 10 atom stereocenters. The van der Waals surface area contributed by atoms with Crippen LogP contribution < -0.4 is 0 Å². The van der Waals surface area contributed by atoms with Crippen LogP contribution in [-0.2, 0) is 71.6 Å². The predicted molar refractivity (Wildman–Crippen MR) is 515 cm³/mol. The standard InChI is InChI=1S/C40H46N6O6S2.C34H44N6O6.C17H23N3O3.C6H2Br2S2/c1-23(2)29(19-35(47)51-5)39(49)45-15-7-9-31(45)37-41-21-25(43-37)11-13-27-17-33-34(53-27)18-28(54-33)14-12-26-22-42-38(44-26)32-10-8-16-46(32)40(50)30(24(3)4)20-36(48)52-6;1-21(2)25(17-29(41)45-5)33(43)39-15-9-13-27(39)31-35-19-23(37-31)11-7-8-12-24-20-36-32(38-24)28-14-10-16-40(28)34(44)26(22(3)4)18-30(42)46-6;1-5-12-10-18-16(19-12)14-7-6-8-20(14)17(22)13(11(2)3)9-15(21)23-4;7-5-1-3-4(10-5)2-6(8)9-3/h17-18,21-24,29-32H,7-10,15-16,19-20H2,1-6H3,(H,41,43)(H,42,44);19-22,25-28H,9-10,13-18H2,1-6H3,(H,35,37)(H,36,38);1,10-11,13-14H,6-9H2,2-4H3,(H,18,19);1-2H/t29-,30-,31-,32-;25-,26-,27-,28-;13-,14-;/m000./s1. The third kappa shape index (κ3) is 26.7. The number of aromatic amines is 5. The SMILES string of the molecule is Brc1cc2sc(Br)cc2s1.C#Cc1cnc([C@@H]2CCCN2C(=O)[C@@H](CC(=O)OC)C(C)C)[nH]1.COC(=O)C[C@H](C(=O)N1CCC[C@H]1c1ncc(C#CC#Cc2cnc([C@@H]3CCCN3C(=O)[C@@H](CC(=O)OC)C(C)C)[nH]2)[nH]1)C(C)C.COC(=O)C[C@H](C(=O)N1CCC[C@H]1c1ncc(C#Cc2cc3sc(C#Cc4cnc([C@@H]5CCCN5C(=O)[C@@H](CC(=O)OC)C(C)C)[nH]4)cc3s2)[nH]1)C(C)C. The van der Waals surface area contributed by atoms with E-state index in [1.807, 2.05) is 83.9 Å². The number of rotatable bonds is 25. The smallest absolute Gasteiger partial charge is 0.306 e. The predicted octanol–water partition coefficient (Wildman–Crippen LogP) is 16.1. The fourth-order valence-corrected chi connectivity index (χ4v) is 22.8. The molecule has 706 valence electrons. The van der Waals surface area contributed by atoms with Gasteiger partial charge in [-0.15, -0.1) is 51.8 Å². The summed E-state index contributed by atoms with van der Waals surface area (Å²) in [7, 11) is 6.69. The monoisotopic (exact) mass is 2020 g/mol. The van der Waals surface area contributed by atoms with Crippen molar-refractivity contribution in [2.45, 2.75) is 196 Å². The van der Waals surface area contributed by atoms with Crippen molar-refractivity contribution in [3.63, 3.8) is 0 Å². The number of fused-ring (bicyclic) bond motifs is 2. The van der Waals surface area contributed by atoms with Crippen LogP contribution in [0.4, 0.5) is 0 Å². The number of likely N-dealkylation sites (tertiary alicyclic amines) is 5. The lowest BCUT2D eigenvalue weighted by Crippen LogP contribution is -2.39. The second-order valence-corrected chi connectivity index (χ2v) is 42.0. The molecule has 14 heterocycles. The first kappa shape index (κ1) is 102. The lowest BCUT2D eigenvalue weighted by atomic mass is 9.91. The minimum absolute atomic E-state index is 0.00214. The Morgan fingerprint density at radius 3 is 0.782 bits per heavy atom. The molecule has 36 heteroatoms. The topological polar surface area (TPSA) is 376 Å². The summed E-state index contributed by atoms with van der Waals surface area (Å²) in [5.41, 5.74) is 3.11. The van der Waals surface area contributed by atoms with Gasteiger partial charge in [-0.1, -0.05) is 75.2 Å². The molecular formula is C97H115Br2N15O15S4. The Kier molecular flexibility index (Phi) is 37.1. The first-order valence-corrected chi connectivity index (χ1v) is 49.6. The van der Waals surface area contributed by atoms with Gasteiger partial charge in [0, 0.05) is 51.5 Å².